The van der Waals surface area contributed by atoms with Crippen LogP contribution in [-0.4, -0.2) is 37.2 Å². The Morgan fingerprint density at radius 1 is 1.06 bits per heavy atom. The number of urea groups is 1. The third-order valence-electron chi connectivity index (χ3n) is 5.58. The molecule has 0 saturated heterocycles. The van der Waals surface area contributed by atoms with Crippen LogP contribution in [0.3, 0.4) is 0 Å². The lowest BCUT2D eigenvalue weighted by Crippen LogP contribution is -2.45. The van der Waals surface area contributed by atoms with Gasteiger partial charge in [0.25, 0.3) is 0 Å². The van der Waals surface area contributed by atoms with Crippen LogP contribution in [-0.2, 0) is 0 Å². The van der Waals surface area contributed by atoms with Gasteiger partial charge in [-0.1, -0.05) is 6.07 Å². The molecule has 0 saturated carbocycles. The number of pyridine rings is 1. The molecule has 7 nitrogen and oxygen atoms in total. The van der Waals surface area contributed by atoms with Crippen molar-refractivity contribution in [1.29, 1.82) is 5.26 Å². The fraction of sp³-hybridized carbons (Fsp3) is 0.240. The second kappa shape index (κ2) is 9.64. The Kier molecular flexibility index (Phi) is 6.62. The van der Waals surface area contributed by atoms with Crippen molar-refractivity contribution in [2.75, 3.05) is 35.3 Å². The quantitative estimate of drug-likeness (QED) is 0.477. The molecule has 0 atom stereocenters. The first-order chi connectivity index (χ1) is 16.8. The van der Waals surface area contributed by atoms with Crippen LogP contribution in [0.5, 0.6) is 0 Å². The van der Waals surface area contributed by atoms with Gasteiger partial charge in [-0.05, 0) is 51.2 Å². The van der Waals surface area contributed by atoms with Crippen LogP contribution < -0.4 is 20.4 Å². The Labute approximate surface area is 200 Å². The lowest BCUT2D eigenvalue weighted by molar-refractivity contribution is 0.251. The summed E-state index contributed by atoms with van der Waals surface area (Å²) in [5.74, 6) is -2.45. The number of hydrogen-bond acceptors (Lipinski definition) is 5. The van der Waals surface area contributed by atoms with Crippen molar-refractivity contribution in [2.45, 2.75) is 19.9 Å². The molecule has 0 bridgehead atoms. The smallest absolute Gasteiger partial charge is 0.335 e. The maximum absolute atomic E-state index is 15.5. The van der Waals surface area contributed by atoms with Crippen molar-refractivity contribution in [3.8, 4) is 17.2 Å². The summed E-state index contributed by atoms with van der Waals surface area (Å²) in [6.07, 6.45) is 0.979. The number of likely N-dealkylation sites (N-methyl/N-ethyl adjacent to an activating group) is 1. The number of carbonyl (C=O) groups is 1. The number of nitrogens with one attached hydrogen (secondary N) is 2. The third-order valence-corrected chi connectivity index (χ3v) is 5.58. The van der Waals surface area contributed by atoms with Gasteiger partial charge in [-0.25, -0.2) is 22.9 Å². The van der Waals surface area contributed by atoms with E-state index in [1.165, 1.54) is 29.2 Å². The zero-order chi connectivity index (χ0) is 25.3. The number of nitrogens with zero attached hydrogens (tertiary/aromatic N) is 4. The van der Waals surface area contributed by atoms with E-state index in [2.05, 4.69) is 15.6 Å². The molecule has 2 heterocycles. The number of nitriles is 1. The van der Waals surface area contributed by atoms with Crippen LogP contribution in [0.4, 0.5) is 40.8 Å². The van der Waals surface area contributed by atoms with Gasteiger partial charge in [0.05, 0.1) is 23.5 Å². The minimum atomic E-state index is -0.979. The van der Waals surface area contributed by atoms with Gasteiger partial charge < -0.3 is 10.6 Å². The minimum Gasteiger partial charge on any atom is -0.384 e. The highest BCUT2D eigenvalue weighted by molar-refractivity contribution is 6.15. The van der Waals surface area contributed by atoms with Gasteiger partial charge in [-0.3, -0.25) is 9.80 Å². The number of amides is 2. The van der Waals surface area contributed by atoms with Gasteiger partial charge >= 0.3 is 6.03 Å². The molecular formula is C25H23F3N6O. The molecule has 0 fully saturated rings. The predicted octanol–water partition coefficient (Wildman–Crippen LogP) is 5.16. The Balaban J connectivity index is 1.98. The largest absolute Gasteiger partial charge is 0.384 e. The first-order valence-electron chi connectivity index (χ1n) is 11.0. The minimum absolute atomic E-state index is 0.0412. The van der Waals surface area contributed by atoms with Crippen molar-refractivity contribution >= 4 is 28.9 Å². The average Bonchev–Trinajstić information content (AvgIpc) is 2.91. The van der Waals surface area contributed by atoms with Crippen LogP contribution in [0, 0.1) is 28.8 Å². The van der Waals surface area contributed by atoms with Gasteiger partial charge in [0.15, 0.2) is 11.6 Å². The van der Waals surface area contributed by atoms with Crippen LogP contribution in [0.1, 0.15) is 19.4 Å². The maximum atomic E-state index is 15.5. The van der Waals surface area contributed by atoms with Crippen LogP contribution in [0.25, 0.3) is 11.1 Å². The molecule has 1 aliphatic rings. The SMILES string of the molecule is CNCCNc1cc(F)c(N2C(=O)N(C(C)C)c3ncc(F)cc3-c3ccc(C#N)cc32)c(F)c1. The molecule has 1 aromatic heterocycles. The second-order valence-corrected chi connectivity index (χ2v) is 8.27. The Bertz CT molecular complexity index is 1310. The van der Waals surface area contributed by atoms with Gasteiger partial charge in [-0.15, -0.1) is 0 Å². The van der Waals surface area contributed by atoms with E-state index in [-0.39, 0.29) is 28.3 Å². The summed E-state index contributed by atoms with van der Waals surface area (Å²) in [5.41, 5.74) is 0.373. The summed E-state index contributed by atoms with van der Waals surface area (Å²) >= 11 is 0. The third kappa shape index (κ3) is 4.38. The normalized spacial score (nSPS) is 12.8. The van der Waals surface area contributed by atoms with Gasteiger partial charge in [-0.2, -0.15) is 5.26 Å². The zero-order valence-corrected chi connectivity index (χ0v) is 19.4. The summed E-state index contributed by atoms with van der Waals surface area (Å²) in [4.78, 5) is 20.1. The van der Waals surface area contributed by atoms with Gasteiger partial charge in [0, 0.05) is 35.9 Å². The van der Waals surface area contributed by atoms with Crippen molar-refractivity contribution < 1.29 is 18.0 Å². The van der Waals surface area contributed by atoms with E-state index < -0.39 is 35.2 Å². The van der Waals surface area contributed by atoms with Crippen LogP contribution in [0.15, 0.2) is 42.6 Å². The summed E-state index contributed by atoms with van der Waals surface area (Å²) in [7, 11) is 1.75. The molecule has 3 aromatic rings. The van der Waals surface area contributed by atoms with E-state index in [1.54, 1.807) is 20.9 Å². The lowest BCUT2D eigenvalue weighted by atomic mass is 10.0. The second-order valence-electron chi connectivity index (χ2n) is 8.27. The average molecular weight is 480 g/mol. The highest BCUT2D eigenvalue weighted by Crippen LogP contribution is 2.45. The molecule has 0 unspecified atom stereocenters. The molecule has 2 amide bonds. The number of fused-ring (bicyclic) bond motifs is 3. The fourth-order valence-electron chi connectivity index (χ4n) is 4.03. The molecule has 10 heteroatoms. The summed E-state index contributed by atoms with van der Waals surface area (Å²) in [6.45, 7) is 4.43. The number of hydrogen-bond donors (Lipinski definition) is 2. The van der Waals surface area contributed by atoms with Crippen molar-refractivity contribution in [3.05, 3.63) is 65.6 Å². The predicted molar refractivity (Wildman–Crippen MR) is 128 cm³/mol. The van der Waals surface area contributed by atoms with E-state index >= 15 is 8.78 Å². The van der Waals surface area contributed by atoms with Crippen LogP contribution in [0.2, 0.25) is 0 Å². The highest BCUT2D eigenvalue weighted by Gasteiger charge is 2.38. The molecule has 35 heavy (non-hydrogen) atoms. The lowest BCUT2D eigenvalue weighted by Gasteiger charge is -2.31. The Morgan fingerprint density at radius 2 is 1.77 bits per heavy atom. The fourth-order valence-corrected chi connectivity index (χ4v) is 4.03. The number of aromatic nitrogens is 1. The van der Waals surface area contributed by atoms with Gasteiger partial charge in [0.1, 0.15) is 17.3 Å². The summed E-state index contributed by atoms with van der Waals surface area (Å²) in [5, 5.41) is 15.3. The van der Waals surface area contributed by atoms with E-state index in [4.69, 9.17) is 0 Å². The van der Waals surface area contributed by atoms with Crippen molar-refractivity contribution in [1.82, 2.24) is 10.3 Å². The van der Waals surface area contributed by atoms with Crippen LogP contribution >= 0.6 is 0 Å². The zero-order valence-electron chi connectivity index (χ0n) is 19.4. The van der Waals surface area contributed by atoms with E-state index in [9.17, 15) is 14.4 Å². The topological polar surface area (TPSA) is 84.3 Å². The van der Waals surface area contributed by atoms with Crippen molar-refractivity contribution in [2.24, 2.45) is 0 Å². The molecule has 0 radical (unpaired) electrons. The molecule has 0 aliphatic carbocycles. The standard InChI is InChI=1S/C25H23F3N6O/c1-14(2)33-24-19(9-16(26)13-32-24)18-5-4-15(12-29)8-22(18)34(25(33)35)23-20(27)10-17(11-21(23)28)31-7-6-30-3/h4-5,8-11,13-14,30-31H,6-7H2,1-3H3. The number of carbonyl (C=O) groups excluding carboxylic acids is 1. The molecule has 2 aromatic carbocycles. The highest BCUT2D eigenvalue weighted by atomic mass is 19.1. The van der Waals surface area contributed by atoms with E-state index in [0.717, 1.165) is 23.2 Å². The van der Waals surface area contributed by atoms with Gasteiger partial charge in [0.2, 0.25) is 0 Å². The molecule has 180 valence electrons. The Morgan fingerprint density at radius 3 is 2.40 bits per heavy atom. The molecule has 2 N–H and O–H groups in total. The number of anilines is 4. The first-order valence-corrected chi connectivity index (χ1v) is 11.0. The van der Waals surface area contributed by atoms with E-state index in [0.29, 0.717) is 18.7 Å². The molecular weight excluding hydrogens is 457 g/mol. The van der Waals surface area contributed by atoms with E-state index in [1.807, 2.05) is 6.07 Å². The maximum Gasteiger partial charge on any atom is 0.335 e. The molecule has 0 spiro atoms. The Hall–Kier alpha value is -4.10. The number of halogens is 3. The molecule has 1 aliphatic heterocycles. The summed E-state index contributed by atoms with van der Waals surface area (Å²) in [6, 6.07) is 8.47. The number of benzene rings is 2. The monoisotopic (exact) mass is 480 g/mol. The van der Waals surface area contributed by atoms with Crippen molar-refractivity contribution in [3.63, 3.8) is 0 Å². The summed E-state index contributed by atoms with van der Waals surface area (Å²) < 4.78 is 45.2. The number of rotatable bonds is 6. The first kappa shape index (κ1) is 24.0. The molecule has 4 rings (SSSR count).